The summed E-state index contributed by atoms with van der Waals surface area (Å²) in [6.07, 6.45) is 6.57. The Bertz CT molecular complexity index is 195. The average Bonchev–Trinajstić information content (AvgIpc) is 2.31. The standard InChI is InChI=1S/C11H19N/c1-9-3-5-10-7-12(2)8-11(10)6-4-9/h3,10-11H,4-8H2,1-2H3/t10-,11+/m1/s1. The summed E-state index contributed by atoms with van der Waals surface area (Å²) in [5.74, 6) is 1.95. The highest BCUT2D eigenvalue weighted by Gasteiger charge is 2.30. The highest BCUT2D eigenvalue weighted by atomic mass is 15.1. The van der Waals surface area contributed by atoms with Crippen LogP contribution in [0, 0.1) is 11.8 Å². The van der Waals surface area contributed by atoms with Gasteiger partial charge in [0.05, 0.1) is 0 Å². The Labute approximate surface area is 75.4 Å². The van der Waals surface area contributed by atoms with Crippen LogP contribution in [0.5, 0.6) is 0 Å². The quantitative estimate of drug-likeness (QED) is 0.498. The summed E-state index contributed by atoms with van der Waals surface area (Å²) in [6, 6.07) is 0. The van der Waals surface area contributed by atoms with Gasteiger partial charge in [0.2, 0.25) is 0 Å². The summed E-state index contributed by atoms with van der Waals surface area (Å²) in [6.45, 7) is 4.95. The predicted octanol–water partition coefficient (Wildman–Crippen LogP) is 2.29. The van der Waals surface area contributed by atoms with Crippen molar-refractivity contribution >= 4 is 0 Å². The second kappa shape index (κ2) is 3.21. The molecule has 1 aliphatic carbocycles. The van der Waals surface area contributed by atoms with Gasteiger partial charge in [-0.05, 0) is 45.1 Å². The van der Waals surface area contributed by atoms with Gasteiger partial charge in [-0.1, -0.05) is 11.6 Å². The first-order valence-corrected chi connectivity index (χ1v) is 5.10. The number of allylic oxidation sites excluding steroid dienone is 2. The molecule has 2 aliphatic rings. The third-order valence-corrected chi connectivity index (χ3v) is 3.44. The van der Waals surface area contributed by atoms with Gasteiger partial charge in [0.25, 0.3) is 0 Å². The van der Waals surface area contributed by atoms with Crippen molar-refractivity contribution in [2.24, 2.45) is 11.8 Å². The van der Waals surface area contributed by atoms with Crippen LogP contribution in [0.3, 0.4) is 0 Å². The van der Waals surface area contributed by atoms with Crippen molar-refractivity contribution in [3.8, 4) is 0 Å². The van der Waals surface area contributed by atoms with Gasteiger partial charge in [-0.25, -0.2) is 0 Å². The second-order valence-corrected chi connectivity index (χ2v) is 4.57. The molecule has 0 radical (unpaired) electrons. The molecule has 1 heterocycles. The fourth-order valence-electron chi connectivity index (χ4n) is 2.64. The van der Waals surface area contributed by atoms with Crippen LogP contribution in [0.1, 0.15) is 26.2 Å². The average molecular weight is 165 g/mol. The normalized spacial score (nSPS) is 37.3. The van der Waals surface area contributed by atoms with Crippen molar-refractivity contribution < 1.29 is 0 Å². The molecule has 1 fully saturated rings. The van der Waals surface area contributed by atoms with Gasteiger partial charge in [-0.3, -0.25) is 0 Å². The molecule has 1 saturated heterocycles. The summed E-state index contributed by atoms with van der Waals surface area (Å²) in [7, 11) is 2.26. The van der Waals surface area contributed by atoms with E-state index in [1.54, 1.807) is 5.57 Å². The lowest BCUT2D eigenvalue weighted by atomic mass is 9.91. The molecule has 0 aromatic heterocycles. The lowest BCUT2D eigenvalue weighted by Crippen LogP contribution is -2.14. The third-order valence-electron chi connectivity index (χ3n) is 3.44. The molecule has 12 heavy (non-hydrogen) atoms. The first-order chi connectivity index (χ1) is 5.75. The van der Waals surface area contributed by atoms with E-state index < -0.39 is 0 Å². The van der Waals surface area contributed by atoms with Crippen LogP contribution in [0.15, 0.2) is 11.6 Å². The van der Waals surface area contributed by atoms with Crippen molar-refractivity contribution in [2.75, 3.05) is 20.1 Å². The Morgan fingerprint density at radius 1 is 1.33 bits per heavy atom. The zero-order valence-electron chi connectivity index (χ0n) is 8.21. The van der Waals surface area contributed by atoms with E-state index in [-0.39, 0.29) is 0 Å². The second-order valence-electron chi connectivity index (χ2n) is 4.57. The minimum atomic E-state index is 0.965. The topological polar surface area (TPSA) is 3.24 Å². The number of hydrogen-bond acceptors (Lipinski definition) is 1. The van der Waals surface area contributed by atoms with Crippen LogP contribution >= 0.6 is 0 Å². The van der Waals surface area contributed by atoms with Crippen molar-refractivity contribution in [2.45, 2.75) is 26.2 Å². The number of rotatable bonds is 0. The molecule has 0 amide bonds. The Kier molecular flexibility index (Phi) is 2.22. The maximum Gasteiger partial charge on any atom is 0.00128 e. The predicted molar refractivity (Wildman–Crippen MR) is 52.1 cm³/mol. The first-order valence-electron chi connectivity index (χ1n) is 5.10. The minimum absolute atomic E-state index is 0.965. The molecule has 2 atom stereocenters. The van der Waals surface area contributed by atoms with Gasteiger partial charge < -0.3 is 4.90 Å². The molecule has 1 aliphatic heterocycles. The van der Waals surface area contributed by atoms with Gasteiger partial charge in [0, 0.05) is 13.1 Å². The molecule has 68 valence electrons. The minimum Gasteiger partial charge on any atom is -0.306 e. The molecule has 0 unspecified atom stereocenters. The molecular weight excluding hydrogens is 146 g/mol. The van der Waals surface area contributed by atoms with Crippen LogP contribution < -0.4 is 0 Å². The van der Waals surface area contributed by atoms with E-state index >= 15 is 0 Å². The summed E-state index contributed by atoms with van der Waals surface area (Å²) >= 11 is 0. The van der Waals surface area contributed by atoms with Crippen LogP contribution in [-0.4, -0.2) is 25.0 Å². The van der Waals surface area contributed by atoms with E-state index in [9.17, 15) is 0 Å². The van der Waals surface area contributed by atoms with E-state index in [1.165, 1.54) is 32.4 Å². The highest BCUT2D eigenvalue weighted by molar-refractivity contribution is 5.04. The number of nitrogens with zero attached hydrogens (tertiary/aromatic N) is 1. The fourth-order valence-corrected chi connectivity index (χ4v) is 2.64. The zero-order chi connectivity index (χ0) is 8.55. The van der Waals surface area contributed by atoms with Gasteiger partial charge >= 0.3 is 0 Å². The third kappa shape index (κ3) is 1.56. The number of fused-ring (bicyclic) bond motifs is 1. The van der Waals surface area contributed by atoms with Crippen molar-refractivity contribution in [1.29, 1.82) is 0 Å². The van der Waals surface area contributed by atoms with Gasteiger partial charge in [-0.2, -0.15) is 0 Å². The molecule has 0 N–H and O–H groups in total. The summed E-state index contributed by atoms with van der Waals surface area (Å²) in [5.41, 5.74) is 1.62. The lowest BCUT2D eigenvalue weighted by molar-refractivity contribution is 0.388. The molecule has 2 rings (SSSR count). The van der Waals surface area contributed by atoms with E-state index in [0.717, 1.165) is 11.8 Å². The van der Waals surface area contributed by atoms with Gasteiger partial charge in [0.1, 0.15) is 0 Å². The molecule has 0 bridgehead atoms. The van der Waals surface area contributed by atoms with E-state index in [4.69, 9.17) is 0 Å². The molecule has 0 aromatic rings. The van der Waals surface area contributed by atoms with E-state index in [0.29, 0.717) is 0 Å². The van der Waals surface area contributed by atoms with Gasteiger partial charge in [0.15, 0.2) is 0 Å². The maximum absolute atomic E-state index is 2.49. The smallest absolute Gasteiger partial charge is 0.00128 e. The fraction of sp³-hybridized carbons (Fsp3) is 0.818. The van der Waals surface area contributed by atoms with E-state index in [2.05, 4.69) is 24.9 Å². The molecule has 1 heteroatoms. The van der Waals surface area contributed by atoms with Crippen molar-refractivity contribution in [1.82, 2.24) is 4.90 Å². The lowest BCUT2D eigenvalue weighted by Gasteiger charge is -2.12. The number of hydrogen-bond donors (Lipinski definition) is 0. The van der Waals surface area contributed by atoms with Gasteiger partial charge in [-0.15, -0.1) is 0 Å². The Hall–Kier alpha value is -0.300. The highest BCUT2D eigenvalue weighted by Crippen LogP contribution is 2.33. The zero-order valence-corrected chi connectivity index (χ0v) is 8.21. The van der Waals surface area contributed by atoms with Crippen LogP contribution in [0.4, 0.5) is 0 Å². The monoisotopic (exact) mass is 165 g/mol. The Morgan fingerprint density at radius 2 is 2.08 bits per heavy atom. The molecular formula is C11H19N. The van der Waals surface area contributed by atoms with Crippen molar-refractivity contribution in [3.63, 3.8) is 0 Å². The SMILES string of the molecule is CC1=CC[C@@H]2CN(C)C[C@@H]2CC1. The Balaban J connectivity index is 2.03. The number of likely N-dealkylation sites (tertiary alicyclic amines) is 1. The molecule has 1 nitrogen and oxygen atoms in total. The molecule has 0 saturated carbocycles. The summed E-state index contributed by atoms with van der Waals surface area (Å²) in [4.78, 5) is 2.49. The first kappa shape index (κ1) is 8.31. The van der Waals surface area contributed by atoms with E-state index in [1.807, 2.05) is 0 Å². The van der Waals surface area contributed by atoms with Crippen LogP contribution in [-0.2, 0) is 0 Å². The van der Waals surface area contributed by atoms with Crippen LogP contribution in [0.2, 0.25) is 0 Å². The van der Waals surface area contributed by atoms with Crippen molar-refractivity contribution in [3.05, 3.63) is 11.6 Å². The summed E-state index contributed by atoms with van der Waals surface area (Å²) < 4.78 is 0. The Morgan fingerprint density at radius 3 is 2.92 bits per heavy atom. The molecule has 0 spiro atoms. The summed E-state index contributed by atoms with van der Waals surface area (Å²) in [5, 5.41) is 0. The molecule has 0 aromatic carbocycles. The maximum atomic E-state index is 2.49. The van der Waals surface area contributed by atoms with Crippen LogP contribution in [0.25, 0.3) is 0 Å². The largest absolute Gasteiger partial charge is 0.306 e.